The first-order valence-corrected chi connectivity index (χ1v) is 10.6. The molecule has 0 atom stereocenters. The SMILES string of the molecule is CCl.COc1cc2c(NCc3cccc(C(F)F)c3F)nc3cc(C(=O)O)cn3c2cc1OC. The molecule has 7 nitrogen and oxygen atoms in total. The van der Waals surface area contributed by atoms with Crippen LogP contribution < -0.4 is 14.8 Å². The molecule has 0 fully saturated rings. The number of anilines is 1. The summed E-state index contributed by atoms with van der Waals surface area (Å²) >= 11 is 4.64. The van der Waals surface area contributed by atoms with Crippen molar-refractivity contribution in [3.63, 3.8) is 0 Å². The van der Waals surface area contributed by atoms with Crippen molar-refractivity contribution in [2.45, 2.75) is 13.0 Å². The van der Waals surface area contributed by atoms with E-state index in [0.29, 0.717) is 33.9 Å². The minimum atomic E-state index is -2.93. The van der Waals surface area contributed by atoms with Crippen molar-refractivity contribution in [3.05, 3.63) is 65.1 Å². The zero-order valence-corrected chi connectivity index (χ0v) is 19.2. The van der Waals surface area contributed by atoms with Gasteiger partial charge in [0.2, 0.25) is 0 Å². The smallest absolute Gasteiger partial charge is 0.337 e. The lowest BCUT2D eigenvalue weighted by Gasteiger charge is -2.15. The Bertz CT molecular complexity index is 1340. The minimum Gasteiger partial charge on any atom is -0.493 e. The standard InChI is InChI=1S/C22H18F3N3O4.CH3Cl/c1-31-16-7-14-15(8-17(16)32-2)28-10-12(22(29)30)6-18(28)27-21(14)26-9-11-4-3-5-13(19(11)23)20(24)25;1-2/h3-8,10,20H,9H2,1-2H3,(H,26,27)(H,29,30);1H3. The first-order chi connectivity index (χ1) is 16.3. The second-order valence-corrected chi connectivity index (χ2v) is 6.92. The fraction of sp³-hybridized carbons (Fsp3) is 0.217. The number of aromatic carboxylic acids is 1. The van der Waals surface area contributed by atoms with Crippen LogP contribution in [0, 0.1) is 5.82 Å². The Labute approximate surface area is 197 Å². The number of fused-ring (bicyclic) bond motifs is 3. The molecule has 2 aromatic heterocycles. The summed E-state index contributed by atoms with van der Waals surface area (Å²) in [6.45, 7) is -0.120. The Hall–Kier alpha value is -3.66. The van der Waals surface area contributed by atoms with Crippen molar-refractivity contribution in [1.29, 1.82) is 0 Å². The number of rotatable bonds is 7. The van der Waals surface area contributed by atoms with Crippen LogP contribution in [0.3, 0.4) is 0 Å². The molecule has 0 radical (unpaired) electrons. The van der Waals surface area contributed by atoms with Crippen molar-refractivity contribution in [3.8, 4) is 11.5 Å². The molecular weight excluding hydrogens is 475 g/mol. The van der Waals surface area contributed by atoms with Gasteiger partial charge in [-0.3, -0.25) is 4.40 Å². The maximum atomic E-state index is 14.5. The highest BCUT2D eigenvalue weighted by molar-refractivity contribution is 6.15. The quantitative estimate of drug-likeness (QED) is 0.318. The van der Waals surface area contributed by atoms with Crippen molar-refractivity contribution in [2.24, 2.45) is 0 Å². The highest BCUT2D eigenvalue weighted by Crippen LogP contribution is 2.36. The molecule has 11 heteroatoms. The van der Waals surface area contributed by atoms with Gasteiger partial charge in [0.05, 0.1) is 30.9 Å². The van der Waals surface area contributed by atoms with Gasteiger partial charge in [-0.25, -0.2) is 22.9 Å². The van der Waals surface area contributed by atoms with Gasteiger partial charge < -0.3 is 19.9 Å². The molecule has 0 spiro atoms. The van der Waals surface area contributed by atoms with Gasteiger partial charge in [0, 0.05) is 36.1 Å². The maximum Gasteiger partial charge on any atom is 0.337 e. The van der Waals surface area contributed by atoms with Gasteiger partial charge in [-0.05, 0) is 12.1 Å². The number of halogens is 4. The van der Waals surface area contributed by atoms with E-state index in [-0.39, 0.29) is 17.7 Å². The van der Waals surface area contributed by atoms with Gasteiger partial charge >= 0.3 is 5.97 Å². The molecule has 0 saturated carbocycles. The first kappa shape index (κ1) is 25.0. The fourth-order valence-electron chi connectivity index (χ4n) is 3.50. The normalized spacial score (nSPS) is 10.8. The fourth-order valence-corrected chi connectivity index (χ4v) is 3.50. The number of nitrogens with zero attached hydrogens (tertiary/aromatic N) is 2. The van der Waals surface area contributed by atoms with Crippen LogP contribution in [0.25, 0.3) is 16.6 Å². The van der Waals surface area contributed by atoms with Crippen LogP contribution in [0.2, 0.25) is 0 Å². The Kier molecular flexibility index (Phi) is 7.72. The van der Waals surface area contributed by atoms with Crippen molar-refractivity contribution in [1.82, 2.24) is 9.38 Å². The third-order valence-electron chi connectivity index (χ3n) is 5.08. The van der Waals surface area contributed by atoms with E-state index in [1.165, 1.54) is 45.0 Å². The van der Waals surface area contributed by atoms with E-state index in [1.807, 2.05) is 0 Å². The van der Waals surface area contributed by atoms with E-state index >= 15 is 0 Å². The second kappa shape index (κ2) is 10.5. The monoisotopic (exact) mass is 495 g/mol. The summed E-state index contributed by atoms with van der Waals surface area (Å²) in [4.78, 5) is 15.9. The number of benzene rings is 2. The number of aromatic nitrogens is 2. The number of hydrogen-bond acceptors (Lipinski definition) is 5. The zero-order valence-electron chi connectivity index (χ0n) is 18.4. The van der Waals surface area contributed by atoms with Gasteiger partial charge in [0.25, 0.3) is 6.43 Å². The highest BCUT2D eigenvalue weighted by Gasteiger charge is 2.19. The molecule has 4 aromatic rings. The molecule has 0 saturated heterocycles. The molecule has 4 rings (SSSR count). The van der Waals surface area contributed by atoms with E-state index in [2.05, 4.69) is 21.9 Å². The lowest BCUT2D eigenvalue weighted by Crippen LogP contribution is -2.07. The number of ether oxygens (including phenoxy) is 2. The van der Waals surface area contributed by atoms with Gasteiger partial charge in [-0.2, -0.15) is 0 Å². The number of carboxylic acids is 1. The summed E-state index contributed by atoms with van der Waals surface area (Å²) in [5, 5.41) is 12.9. The number of methoxy groups -OCH3 is 2. The predicted octanol–water partition coefficient (Wildman–Crippen LogP) is 5.75. The third kappa shape index (κ3) is 4.67. The van der Waals surface area contributed by atoms with E-state index in [9.17, 15) is 23.1 Å². The Balaban J connectivity index is 0.00000158. The van der Waals surface area contributed by atoms with E-state index in [1.54, 1.807) is 16.5 Å². The van der Waals surface area contributed by atoms with Crippen molar-refractivity contribution >= 4 is 39.9 Å². The Morgan fingerprint density at radius 2 is 1.85 bits per heavy atom. The first-order valence-electron chi connectivity index (χ1n) is 9.82. The summed E-state index contributed by atoms with van der Waals surface area (Å²) < 4.78 is 52.8. The molecular formula is C23H21ClF3N3O4. The molecule has 0 aliphatic heterocycles. The summed E-state index contributed by atoms with van der Waals surface area (Å²) in [6.07, 6.45) is -0.0359. The van der Waals surface area contributed by atoms with Gasteiger partial charge in [0.1, 0.15) is 17.3 Å². The predicted molar refractivity (Wildman–Crippen MR) is 123 cm³/mol. The van der Waals surface area contributed by atoms with Crippen LogP contribution in [-0.2, 0) is 6.54 Å². The number of carboxylic acid groups (broad SMARTS) is 1. The van der Waals surface area contributed by atoms with Crippen LogP contribution in [0.1, 0.15) is 27.9 Å². The molecule has 2 aromatic carbocycles. The van der Waals surface area contributed by atoms with Crippen LogP contribution in [0.5, 0.6) is 11.5 Å². The van der Waals surface area contributed by atoms with E-state index in [4.69, 9.17) is 9.47 Å². The average Bonchev–Trinajstić information content (AvgIpc) is 3.28. The molecule has 0 amide bonds. The molecule has 34 heavy (non-hydrogen) atoms. The average molecular weight is 496 g/mol. The zero-order chi connectivity index (χ0) is 25.0. The molecule has 2 N–H and O–H groups in total. The van der Waals surface area contributed by atoms with Crippen molar-refractivity contribution < 1.29 is 32.5 Å². The molecule has 0 aliphatic carbocycles. The topological polar surface area (TPSA) is 85.1 Å². The number of carbonyl (C=O) groups is 1. The molecule has 0 aliphatic rings. The minimum absolute atomic E-state index is 0.0291. The molecule has 0 bridgehead atoms. The van der Waals surface area contributed by atoms with Crippen LogP contribution in [0.4, 0.5) is 19.0 Å². The van der Waals surface area contributed by atoms with Gasteiger partial charge in [0.15, 0.2) is 11.5 Å². The van der Waals surface area contributed by atoms with E-state index in [0.717, 1.165) is 6.07 Å². The third-order valence-corrected chi connectivity index (χ3v) is 5.08. The maximum absolute atomic E-state index is 14.5. The summed E-state index contributed by atoms with van der Waals surface area (Å²) in [5.41, 5.74) is 0.277. The summed E-state index contributed by atoms with van der Waals surface area (Å²) in [5.74, 6) is -0.995. The number of hydrogen-bond donors (Lipinski definition) is 2. The highest BCUT2D eigenvalue weighted by atomic mass is 35.5. The summed E-state index contributed by atoms with van der Waals surface area (Å²) in [6, 6.07) is 8.50. The molecule has 180 valence electrons. The van der Waals surface area contributed by atoms with E-state index < -0.39 is 23.8 Å². The van der Waals surface area contributed by atoms with Crippen LogP contribution >= 0.6 is 11.6 Å². The van der Waals surface area contributed by atoms with Crippen LogP contribution in [0.15, 0.2) is 42.6 Å². The molecule has 0 unspecified atom stereocenters. The second-order valence-electron chi connectivity index (χ2n) is 6.92. The molecule has 2 heterocycles. The van der Waals surface area contributed by atoms with Gasteiger partial charge in [-0.15, -0.1) is 11.6 Å². The number of nitrogens with one attached hydrogen (secondary N) is 1. The lowest BCUT2D eigenvalue weighted by atomic mass is 10.1. The largest absolute Gasteiger partial charge is 0.493 e. The Morgan fingerprint density at radius 1 is 1.18 bits per heavy atom. The van der Waals surface area contributed by atoms with Crippen molar-refractivity contribution in [2.75, 3.05) is 25.9 Å². The van der Waals surface area contributed by atoms with Gasteiger partial charge in [-0.1, -0.05) is 18.2 Å². The Morgan fingerprint density at radius 3 is 2.47 bits per heavy atom. The summed E-state index contributed by atoms with van der Waals surface area (Å²) in [7, 11) is 2.94. The number of alkyl halides is 3. The lowest BCUT2D eigenvalue weighted by molar-refractivity contribution is 0.0697. The van der Waals surface area contributed by atoms with Crippen LogP contribution in [-0.4, -0.2) is 41.1 Å².